The zero-order valence-electron chi connectivity index (χ0n) is 13.4. The predicted molar refractivity (Wildman–Crippen MR) is 89.4 cm³/mol. The van der Waals surface area contributed by atoms with Crippen LogP contribution in [0.5, 0.6) is 0 Å². The first kappa shape index (κ1) is 16.3. The fourth-order valence-electron chi connectivity index (χ4n) is 3.96. The summed E-state index contributed by atoms with van der Waals surface area (Å²) in [5.41, 5.74) is 0.440. The average molecular weight is 336 g/mol. The Balaban J connectivity index is 1.78. The Bertz CT molecular complexity index is 618. The van der Waals surface area contributed by atoms with Gasteiger partial charge in [0.05, 0.1) is 17.9 Å². The third-order valence-corrected chi connectivity index (χ3v) is 5.33. The van der Waals surface area contributed by atoms with Crippen molar-refractivity contribution in [1.29, 1.82) is 0 Å². The van der Waals surface area contributed by atoms with Crippen LogP contribution in [0.4, 0.5) is 5.69 Å². The van der Waals surface area contributed by atoms with Crippen LogP contribution in [-0.4, -0.2) is 25.0 Å². The second-order valence-electron chi connectivity index (χ2n) is 6.51. The SMILES string of the molecule is CCOC(=O)C1CCCC2(CCN(c3cccc(Cl)c3)C2=O)C1. The van der Waals surface area contributed by atoms with E-state index in [1.807, 2.05) is 30.0 Å². The molecule has 2 unspecified atom stereocenters. The highest BCUT2D eigenvalue weighted by Gasteiger charge is 2.50. The van der Waals surface area contributed by atoms with E-state index in [1.54, 1.807) is 6.07 Å². The van der Waals surface area contributed by atoms with Crippen LogP contribution in [0.1, 0.15) is 39.0 Å². The summed E-state index contributed by atoms with van der Waals surface area (Å²) >= 11 is 6.05. The van der Waals surface area contributed by atoms with Gasteiger partial charge in [-0.15, -0.1) is 0 Å². The first-order valence-electron chi connectivity index (χ1n) is 8.30. The summed E-state index contributed by atoms with van der Waals surface area (Å²) in [5, 5.41) is 0.629. The molecule has 5 heteroatoms. The van der Waals surface area contributed by atoms with Crippen LogP contribution in [0.2, 0.25) is 5.02 Å². The van der Waals surface area contributed by atoms with Gasteiger partial charge in [-0.25, -0.2) is 0 Å². The normalized spacial score (nSPS) is 27.5. The quantitative estimate of drug-likeness (QED) is 0.789. The summed E-state index contributed by atoms with van der Waals surface area (Å²) < 4.78 is 5.17. The molecule has 1 aliphatic carbocycles. The Morgan fingerprint density at radius 1 is 1.43 bits per heavy atom. The van der Waals surface area contributed by atoms with Crippen molar-refractivity contribution in [1.82, 2.24) is 0 Å². The molecular weight excluding hydrogens is 314 g/mol. The molecule has 0 N–H and O–H groups in total. The summed E-state index contributed by atoms with van der Waals surface area (Å²) in [6.45, 7) is 2.90. The lowest BCUT2D eigenvalue weighted by molar-refractivity contribution is -0.151. The maximum atomic E-state index is 13.1. The summed E-state index contributed by atoms with van der Waals surface area (Å²) in [4.78, 5) is 26.9. The molecule has 1 heterocycles. The van der Waals surface area contributed by atoms with Gasteiger partial charge in [0.15, 0.2) is 0 Å². The fraction of sp³-hybridized carbons (Fsp3) is 0.556. The van der Waals surface area contributed by atoms with Gasteiger partial charge in [-0.2, -0.15) is 0 Å². The van der Waals surface area contributed by atoms with Crippen molar-refractivity contribution < 1.29 is 14.3 Å². The topological polar surface area (TPSA) is 46.6 Å². The highest BCUT2D eigenvalue weighted by molar-refractivity contribution is 6.31. The monoisotopic (exact) mass is 335 g/mol. The summed E-state index contributed by atoms with van der Waals surface area (Å²) in [5.74, 6) is -0.165. The molecule has 2 aliphatic rings. The molecule has 1 aromatic carbocycles. The van der Waals surface area contributed by atoms with Gasteiger partial charge in [-0.3, -0.25) is 9.59 Å². The first-order chi connectivity index (χ1) is 11.1. The highest BCUT2D eigenvalue weighted by atomic mass is 35.5. The number of nitrogens with zero attached hydrogens (tertiary/aromatic N) is 1. The predicted octanol–water partition coefficient (Wildman–Crippen LogP) is 3.82. The van der Waals surface area contributed by atoms with Gasteiger partial charge >= 0.3 is 5.97 Å². The van der Waals surface area contributed by atoms with Gasteiger partial charge in [-0.1, -0.05) is 24.1 Å². The Labute approximate surface area is 141 Å². The number of carbonyl (C=O) groups is 2. The number of rotatable bonds is 3. The van der Waals surface area contributed by atoms with Crippen LogP contribution in [0.25, 0.3) is 0 Å². The van der Waals surface area contributed by atoms with Crippen LogP contribution in [-0.2, 0) is 14.3 Å². The summed E-state index contributed by atoms with van der Waals surface area (Å²) in [6, 6.07) is 7.40. The first-order valence-corrected chi connectivity index (χ1v) is 8.68. The zero-order chi connectivity index (χ0) is 16.4. The number of anilines is 1. The molecule has 2 atom stereocenters. The molecule has 23 heavy (non-hydrogen) atoms. The van der Waals surface area contributed by atoms with Crippen molar-refractivity contribution in [3.63, 3.8) is 0 Å². The molecule has 3 rings (SSSR count). The minimum atomic E-state index is -0.405. The van der Waals surface area contributed by atoms with Crippen LogP contribution >= 0.6 is 11.6 Å². The van der Waals surface area contributed by atoms with Gasteiger partial charge < -0.3 is 9.64 Å². The minimum absolute atomic E-state index is 0.133. The van der Waals surface area contributed by atoms with Crippen LogP contribution in [0, 0.1) is 11.3 Å². The van der Waals surface area contributed by atoms with Gasteiger partial charge in [0.2, 0.25) is 5.91 Å². The fourth-order valence-corrected chi connectivity index (χ4v) is 4.14. The van der Waals surface area contributed by atoms with E-state index >= 15 is 0 Å². The molecule has 1 spiro atoms. The Kier molecular flexibility index (Phi) is 4.62. The third-order valence-electron chi connectivity index (χ3n) is 5.10. The number of hydrogen-bond acceptors (Lipinski definition) is 3. The number of esters is 1. The van der Waals surface area contributed by atoms with Crippen molar-refractivity contribution in [3.05, 3.63) is 29.3 Å². The maximum absolute atomic E-state index is 13.1. The van der Waals surface area contributed by atoms with Gasteiger partial charge in [0.25, 0.3) is 0 Å². The average Bonchev–Trinajstić information content (AvgIpc) is 2.84. The molecule has 1 saturated heterocycles. The minimum Gasteiger partial charge on any atom is -0.466 e. The molecular formula is C18H22ClNO3. The molecule has 1 aliphatic heterocycles. The van der Waals surface area contributed by atoms with Gasteiger partial charge in [0.1, 0.15) is 0 Å². The lowest BCUT2D eigenvalue weighted by atomic mass is 9.68. The number of carbonyl (C=O) groups excluding carboxylic acids is 2. The van der Waals surface area contributed by atoms with E-state index in [0.717, 1.165) is 31.4 Å². The maximum Gasteiger partial charge on any atom is 0.308 e. The number of amides is 1. The molecule has 1 amide bonds. The summed E-state index contributed by atoms with van der Waals surface area (Å²) in [6.07, 6.45) is 4.00. The molecule has 0 radical (unpaired) electrons. The van der Waals surface area contributed by atoms with E-state index in [4.69, 9.17) is 16.3 Å². The van der Waals surface area contributed by atoms with Crippen molar-refractivity contribution in [2.75, 3.05) is 18.1 Å². The van der Waals surface area contributed by atoms with E-state index < -0.39 is 5.41 Å². The van der Waals surface area contributed by atoms with E-state index in [2.05, 4.69) is 0 Å². The summed E-state index contributed by atoms with van der Waals surface area (Å²) in [7, 11) is 0. The Morgan fingerprint density at radius 3 is 3.00 bits per heavy atom. The molecule has 0 aromatic heterocycles. The van der Waals surface area contributed by atoms with E-state index in [9.17, 15) is 9.59 Å². The lowest BCUT2D eigenvalue weighted by Gasteiger charge is -2.35. The lowest BCUT2D eigenvalue weighted by Crippen LogP contribution is -2.40. The van der Waals surface area contributed by atoms with Crippen molar-refractivity contribution in [2.24, 2.45) is 11.3 Å². The standard InChI is InChI=1S/C18H22ClNO3/c1-2-23-16(21)13-5-4-8-18(12-13)9-10-20(17(18)22)15-7-3-6-14(19)11-15/h3,6-7,11,13H,2,4-5,8-10,12H2,1H3. The molecule has 2 fully saturated rings. The zero-order valence-corrected chi connectivity index (χ0v) is 14.1. The number of hydrogen-bond donors (Lipinski definition) is 0. The van der Waals surface area contributed by atoms with Gasteiger partial charge in [-0.05, 0) is 50.8 Å². The van der Waals surface area contributed by atoms with Crippen molar-refractivity contribution in [3.8, 4) is 0 Å². The molecule has 0 bridgehead atoms. The largest absolute Gasteiger partial charge is 0.466 e. The van der Waals surface area contributed by atoms with Gasteiger partial charge in [0, 0.05) is 17.3 Å². The van der Waals surface area contributed by atoms with Crippen molar-refractivity contribution in [2.45, 2.75) is 39.0 Å². The van der Waals surface area contributed by atoms with Crippen LogP contribution in [0.15, 0.2) is 24.3 Å². The number of benzene rings is 1. The van der Waals surface area contributed by atoms with E-state index in [0.29, 0.717) is 24.6 Å². The number of ether oxygens (including phenoxy) is 1. The van der Waals surface area contributed by atoms with Crippen molar-refractivity contribution >= 4 is 29.2 Å². The smallest absolute Gasteiger partial charge is 0.308 e. The van der Waals surface area contributed by atoms with Crippen LogP contribution in [0.3, 0.4) is 0 Å². The second-order valence-corrected chi connectivity index (χ2v) is 6.95. The third kappa shape index (κ3) is 3.09. The Hall–Kier alpha value is -1.55. The van der Waals surface area contributed by atoms with E-state index in [1.165, 1.54) is 0 Å². The molecule has 4 nitrogen and oxygen atoms in total. The Morgan fingerprint density at radius 2 is 2.26 bits per heavy atom. The number of halogens is 1. The van der Waals surface area contributed by atoms with E-state index in [-0.39, 0.29) is 17.8 Å². The van der Waals surface area contributed by atoms with Crippen LogP contribution < -0.4 is 4.90 Å². The molecule has 1 saturated carbocycles. The highest BCUT2D eigenvalue weighted by Crippen LogP contribution is 2.48. The molecule has 124 valence electrons. The molecule has 1 aromatic rings. The second kappa shape index (κ2) is 6.52.